The van der Waals surface area contributed by atoms with E-state index < -0.39 is 0 Å². The van der Waals surface area contributed by atoms with E-state index >= 15 is 0 Å². The number of hydrogen-bond acceptors (Lipinski definition) is 4. The Morgan fingerprint density at radius 3 is 2.88 bits per heavy atom. The van der Waals surface area contributed by atoms with Gasteiger partial charge in [-0.15, -0.1) is 0 Å². The summed E-state index contributed by atoms with van der Waals surface area (Å²) in [6.45, 7) is 3.11. The Kier molecular flexibility index (Phi) is 4.36. The molecule has 0 radical (unpaired) electrons. The van der Waals surface area contributed by atoms with Crippen LogP contribution in [0, 0.1) is 0 Å². The van der Waals surface area contributed by atoms with Gasteiger partial charge in [0.15, 0.2) is 0 Å². The van der Waals surface area contributed by atoms with Crippen molar-refractivity contribution in [2.45, 2.75) is 12.7 Å². The lowest BCUT2D eigenvalue weighted by molar-refractivity contribution is 0.0274. The zero-order chi connectivity index (χ0) is 12.1. The average Bonchev–Trinajstić information content (AvgIpc) is 2.40. The highest BCUT2D eigenvalue weighted by Crippen LogP contribution is 2.25. The van der Waals surface area contributed by atoms with Gasteiger partial charge in [0.05, 0.1) is 26.4 Å². The van der Waals surface area contributed by atoms with E-state index in [1.54, 1.807) is 14.2 Å². The van der Waals surface area contributed by atoms with Gasteiger partial charge in [-0.1, -0.05) is 6.07 Å². The van der Waals surface area contributed by atoms with Crippen LogP contribution in [0.2, 0.25) is 0 Å². The quantitative estimate of drug-likeness (QED) is 0.861. The molecule has 1 aliphatic heterocycles. The molecular weight excluding hydrogens is 218 g/mol. The first-order valence-electron chi connectivity index (χ1n) is 5.82. The monoisotopic (exact) mass is 237 g/mol. The van der Waals surface area contributed by atoms with Crippen LogP contribution >= 0.6 is 0 Å². The highest BCUT2D eigenvalue weighted by atomic mass is 16.5. The highest BCUT2D eigenvalue weighted by molar-refractivity contribution is 5.35. The molecule has 0 aromatic heterocycles. The van der Waals surface area contributed by atoms with Gasteiger partial charge in [0.1, 0.15) is 5.75 Å². The molecule has 17 heavy (non-hydrogen) atoms. The Hall–Kier alpha value is -1.10. The largest absolute Gasteiger partial charge is 0.497 e. The molecule has 1 aromatic rings. The molecule has 0 spiro atoms. The number of morpholine rings is 1. The number of rotatable bonds is 4. The summed E-state index contributed by atoms with van der Waals surface area (Å²) in [5.74, 6) is 0.851. The van der Waals surface area contributed by atoms with Crippen molar-refractivity contribution in [3.8, 4) is 5.75 Å². The molecule has 1 saturated heterocycles. The molecule has 1 aliphatic rings. The van der Waals surface area contributed by atoms with Crippen molar-refractivity contribution in [1.29, 1.82) is 0 Å². The van der Waals surface area contributed by atoms with Crippen molar-refractivity contribution in [3.63, 3.8) is 0 Å². The summed E-state index contributed by atoms with van der Waals surface area (Å²) in [6, 6.07) is 6.13. The van der Waals surface area contributed by atoms with E-state index in [1.165, 1.54) is 0 Å². The highest BCUT2D eigenvalue weighted by Gasteiger charge is 2.17. The summed E-state index contributed by atoms with van der Waals surface area (Å²) in [5.41, 5.74) is 2.25. The fourth-order valence-corrected chi connectivity index (χ4v) is 2.02. The molecule has 4 heteroatoms. The van der Waals surface area contributed by atoms with Gasteiger partial charge in [-0.05, 0) is 23.3 Å². The standard InChI is InChI=1S/C13H19NO3/c1-15-9-10-5-11(7-12(6-10)16-2)13-8-14-3-4-17-13/h5-7,13-14H,3-4,8-9H2,1-2H3. The zero-order valence-electron chi connectivity index (χ0n) is 10.4. The number of nitrogens with one attached hydrogen (secondary N) is 1. The maximum Gasteiger partial charge on any atom is 0.119 e. The topological polar surface area (TPSA) is 39.7 Å². The molecule has 1 N–H and O–H groups in total. The molecule has 1 heterocycles. The second-order valence-electron chi connectivity index (χ2n) is 4.11. The van der Waals surface area contributed by atoms with Crippen molar-refractivity contribution in [3.05, 3.63) is 29.3 Å². The predicted molar refractivity (Wildman–Crippen MR) is 65.3 cm³/mol. The molecule has 1 unspecified atom stereocenters. The minimum Gasteiger partial charge on any atom is -0.497 e. The molecule has 0 amide bonds. The fourth-order valence-electron chi connectivity index (χ4n) is 2.02. The van der Waals surface area contributed by atoms with Gasteiger partial charge in [0.25, 0.3) is 0 Å². The Bertz CT molecular complexity index is 362. The summed E-state index contributed by atoms with van der Waals surface area (Å²) in [7, 11) is 3.37. The zero-order valence-corrected chi connectivity index (χ0v) is 10.4. The van der Waals surface area contributed by atoms with Gasteiger partial charge < -0.3 is 19.5 Å². The Balaban J connectivity index is 2.21. The summed E-state index contributed by atoms with van der Waals surface area (Å²) in [4.78, 5) is 0. The molecule has 4 nitrogen and oxygen atoms in total. The minimum absolute atomic E-state index is 0.106. The number of hydrogen-bond donors (Lipinski definition) is 1. The van der Waals surface area contributed by atoms with Crippen LogP contribution in [-0.4, -0.2) is 33.9 Å². The average molecular weight is 237 g/mol. The van der Waals surface area contributed by atoms with E-state index in [0.717, 1.165) is 36.6 Å². The lowest BCUT2D eigenvalue weighted by Gasteiger charge is -2.24. The minimum atomic E-state index is 0.106. The second kappa shape index (κ2) is 6.00. The normalized spacial score (nSPS) is 20.2. The summed E-state index contributed by atoms with van der Waals surface area (Å²) in [6.07, 6.45) is 0.106. The van der Waals surface area contributed by atoms with Crippen molar-refractivity contribution in [1.82, 2.24) is 5.32 Å². The molecule has 94 valence electrons. The van der Waals surface area contributed by atoms with Crippen molar-refractivity contribution in [2.75, 3.05) is 33.9 Å². The number of methoxy groups -OCH3 is 2. The van der Waals surface area contributed by atoms with Crippen LogP contribution < -0.4 is 10.1 Å². The van der Waals surface area contributed by atoms with Crippen molar-refractivity contribution >= 4 is 0 Å². The van der Waals surface area contributed by atoms with Crippen LogP contribution in [0.1, 0.15) is 17.2 Å². The van der Waals surface area contributed by atoms with E-state index in [2.05, 4.69) is 11.4 Å². The van der Waals surface area contributed by atoms with Crippen molar-refractivity contribution < 1.29 is 14.2 Å². The van der Waals surface area contributed by atoms with Crippen molar-refractivity contribution in [2.24, 2.45) is 0 Å². The van der Waals surface area contributed by atoms with Crippen LogP contribution in [-0.2, 0) is 16.1 Å². The lowest BCUT2D eigenvalue weighted by atomic mass is 10.0. The van der Waals surface area contributed by atoms with Crippen LogP contribution in [0.25, 0.3) is 0 Å². The molecule has 1 aromatic carbocycles. The second-order valence-corrected chi connectivity index (χ2v) is 4.11. The van der Waals surface area contributed by atoms with Gasteiger partial charge in [0.2, 0.25) is 0 Å². The number of benzene rings is 1. The van der Waals surface area contributed by atoms with Gasteiger partial charge in [-0.3, -0.25) is 0 Å². The smallest absolute Gasteiger partial charge is 0.119 e. The van der Waals surface area contributed by atoms with Gasteiger partial charge in [-0.2, -0.15) is 0 Å². The maximum absolute atomic E-state index is 5.74. The first-order chi connectivity index (χ1) is 8.33. The summed E-state index contributed by atoms with van der Waals surface area (Å²) < 4.78 is 16.2. The third-order valence-electron chi connectivity index (χ3n) is 2.83. The van der Waals surface area contributed by atoms with Gasteiger partial charge in [-0.25, -0.2) is 0 Å². The van der Waals surface area contributed by atoms with E-state index in [1.807, 2.05) is 12.1 Å². The Morgan fingerprint density at radius 2 is 2.24 bits per heavy atom. The van der Waals surface area contributed by atoms with E-state index in [0.29, 0.717) is 6.61 Å². The van der Waals surface area contributed by atoms with Crippen LogP contribution in [0.3, 0.4) is 0 Å². The summed E-state index contributed by atoms with van der Waals surface area (Å²) in [5, 5.41) is 3.33. The molecular formula is C13H19NO3. The molecule has 2 rings (SSSR count). The van der Waals surface area contributed by atoms with Gasteiger partial charge >= 0.3 is 0 Å². The first kappa shape index (κ1) is 12.4. The molecule has 0 aliphatic carbocycles. The number of ether oxygens (including phenoxy) is 3. The predicted octanol–water partition coefficient (Wildman–Crippen LogP) is 1.50. The molecule has 1 atom stereocenters. The van der Waals surface area contributed by atoms with Crippen LogP contribution in [0.15, 0.2) is 18.2 Å². The third kappa shape index (κ3) is 3.19. The van der Waals surface area contributed by atoms with Gasteiger partial charge in [0, 0.05) is 20.2 Å². The Labute approximate surface area is 102 Å². The van der Waals surface area contributed by atoms with E-state index in [9.17, 15) is 0 Å². The van der Waals surface area contributed by atoms with E-state index in [4.69, 9.17) is 14.2 Å². The van der Waals surface area contributed by atoms with Crippen LogP contribution in [0.4, 0.5) is 0 Å². The first-order valence-corrected chi connectivity index (χ1v) is 5.82. The molecule has 0 saturated carbocycles. The third-order valence-corrected chi connectivity index (χ3v) is 2.83. The SMILES string of the molecule is COCc1cc(OC)cc(C2CNCCO2)c1. The van der Waals surface area contributed by atoms with Crippen LogP contribution in [0.5, 0.6) is 5.75 Å². The molecule has 0 bridgehead atoms. The fraction of sp³-hybridized carbons (Fsp3) is 0.538. The summed E-state index contributed by atoms with van der Waals surface area (Å²) >= 11 is 0. The maximum atomic E-state index is 5.74. The Morgan fingerprint density at radius 1 is 1.35 bits per heavy atom. The molecule has 1 fully saturated rings. The van der Waals surface area contributed by atoms with E-state index in [-0.39, 0.29) is 6.10 Å². The lowest BCUT2D eigenvalue weighted by Crippen LogP contribution is -2.33.